The number of rotatable bonds is 8. The molecule has 2 N–H and O–H groups in total. The molecular formula is C14H22N2O. The maximum Gasteiger partial charge on any atom is 0.233 e. The lowest BCUT2D eigenvalue weighted by Gasteiger charge is -2.05. The van der Waals surface area contributed by atoms with Crippen molar-refractivity contribution in [3.63, 3.8) is 0 Å². The Balaban J connectivity index is 1.96. The molecule has 0 bridgehead atoms. The predicted molar refractivity (Wildman–Crippen MR) is 70.9 cm³/mol. The molecule has 0 spiro atoms. The van der Waals surface area contributed by atoms with Gasteiger partial charge in [0, 0.05) is 6.54 Å². The smallest absolute Gasteiger partial charge is 0.233 e. The van der Waals surface area contributed by atoms with Crippen molar-refractivity contribution in [3.8, 4) is 0 Å². The van der Waals surface area contributed by atoms with E-state index in [2.05, 4.69) is 34.9 Å². The molecule has 3 nitrogen and oxygen atoms in total. The summed E-state index contributed by atoms with van der Waals surface area (Å²) >= 11 is 0. The minimum Gasteiger partial charge on any atom is -0.355 e. The van der Waals surface area contributed by atoms with E-state index in [1.807, 2.05) is 13.0 Å². The van der Waals surface area contributed by atoms with Gasteiger partial charge in [0.05, 0.1) is 6.54 Å². The van der Waals surface area contributed by atoms with Crippen molar-refractivity contribution < 1.29 is 4.79 Å². The first-order valence-electron chi connectivity index (χ1n) is 6.34. The van der Waals surface area contributed by atoms with Crippen molar-refractivity contribution in [2.45, 2.75) is 26.2 Å². The highest BCUT2D eigenvalue weighted by molar-refractivity contribution is 5.77. The first-order valence-corrected chi connectivity index (χ1v) is 6.34. The second-order valence-corrected chi connectivity index (χ2v) is 4.07. The maximum atomic E-state index is 11.1. The van der Waals surface area contributed by atoms with Gasteiger partial charge in [-0.05, 0) is 38.3 Å². The second-order valence-electron chi connectivity index (χ2n) is 4.07. The van der Waals surface area contributed by atoms with E-state index in [-0.39, 0.29) is 5.91 Å². The molecule has 1 rings (SSSR count). The van der Waals surface area contributed by atoms with Gasteiger partial charge in [-0.1, -0.05) is 30.3 Å². The van der Waals surface area contributed by atoms with Crippen LogP contribution in [0.15, 0.2) is 30.3 Å². The molecule has 1 amide bonds. The molecule has 17 heavy (non-hydrogen) atoms. The van der Waals surface area contributed by atoms with Crippen LogP contribution in [-0.2, 0) is 11.2 Å². The van der Waals surface area contributed by atoms with Crippen molar-refractivity contribution in [3.05, 3.63) is 35.9 Å². The summed E-state index contributed by atoms with van der Waals surface area (Å²) in [5, 5.41) is 5.91. The minimum absolute atomic E-state index is 0.0792. The average Bonchev–Trinajstić information content (AvgIpc) is 2.35. The van der Waals surface area contributed by atoms with E-state index >= 15 is 0 Å². The van der Waals surface area contributed by atoms with Crippen LogP contribution in [0.2, 0.25) is 0 Å². The fourth-order valence-corrected chi connectivity index (χ4v) is 1.69. The summed E-state index contributed by atoms with van der Waals surface area (Å²) in [5.74, 6) is 0.0792. The molecule has 0 aliphatic carbocycles. The molecular weight excluding hydrogens is 212 g/mol. The van der Waals surface area contributed by atoms with Crippen molar-refractivity contribution in [1.82, 2.24) is 10.6 Å². The largest absolute Gasteiger partial charge is 0.355 e. The topological polar surface area (TPSA) is 41.1 Å². The first kappa shape index (κ1) is 13.7. The summed E-state index contributed by atoms with van der Waals surface area (Å²) in [4.78, 5) is 11.1. The third kappa shape index (κ3) is 6.74. The SMILES string of the molecule is CCNC(=O)CNCCCCc1ccccc1. The zero-order chi connectivity index (χ0) is 12.3. The molecule has 0 saturated heterocycles. The Kier molecular flexibility index (Phi) is 7.07. The molecule has 0 unspecified atom stereocenters. The number of carbonyl (C=O) groups excluding carboxylic acids is 1. The van der Waals surface area contributed by atoms with Crippen LogP contribution in [0.5, 0.6) is 0 Å². The molecule has 0 heterocycles. The number of carbonyl (C=O) groups is 1. The highest BCUT2D eigenvalue weighted by atomic mass is 16.1. The van der Waals surface area contributed by atoms with Gasteiger partial charge in [-0.3, -0.25) is 4.79 Å². The third-order valence-electron chi connectivity index (χ3n) is 2.57. The molecule has 0 aliphatic rings. The van der Waals surface area contributed by atoms with Crippen molar-refractivity contribution >= 4 is 5.91 Å². The molecule has 0 fully saturated rings. The predicted octanol–water partition coefficient (Wildman–Crippen LogP) is 1.73. The second kappa shape index (κ2) is 8.76. The summed E-state index contributed by atoms with van der Waals surface area (Å²) in [6.07, 6.45) is 3.38. The Labute approximate surface area is 104 Å². The van der Waals surface area contributed by atoms with Crippen molar-refractivity contribution in [2.75, 3.05) is 19.6 Å². The fourth-order valence-electron chi connectivity index (χ4n) is 1.69. The van der Waals surface area contributed by atoms with Crippen LogP contribution < -0.4 is 10.6 Å². The van der Waals surface area contributed by atoms with Crippen LogP contribution >= 0.6 is 0 Å². The van der Waals surface area contributed by atoms with Crippen LogP contribution in [0.3, 0.4) is 0 Å². The molecule has 0 aliphatic heterocycles. The molecule has 1 aromatic rings. The Bertz CT molecular complexity index is 311. The number of benzene rings is 1. The highest BCUT2D eigenvalue weighted by Crippen LogP contribution is 2.03. The van der Waals surface area contributed by atoms with Gasteiger partial charge in [0.15, 0.2) is 0 Å². The Morgan fingerprint density at radius 2 is 1.94 bits per heavy atom. The number of aryl methyl sites for hydroxylation is 1. The Morgan fingerprint density at radius 1 is 1.18 bits per heavy atom. The zero-order valence-corrected chi connectivity index (χ0v) is 10.5. The molecule has 0 atom stereocenters. The number of nitrogens with one attached hydrogen (secondary N) is 2. The number of likely N-dealkylation sites (N-methyl/N-ethyl adjacent to an activating group) is 1. The number of amides is 1. The summed E-state index contributed by atoms with van der Waals surface area (Å²) in [6, 6.07) is 10.5. The summed E-state index contributed by atoms with van der Waals surface area (Å²) in [6.45, 7) is 3.97. The van der Waals surface area contributed by atoms with Crippen LogP contribution in [0.1, 0.15) is 25.3 Å². The van der Waals surface area contributed by atoms with Gasteiger partial charge in [-0.2, -0.15) is 0 Å². The van der Waals surface area contributed by atoms with E-state index in [0.717, 1.165) is 25.8 Å². The fraction of sp³-hybridized carbons (Fsp3) is 0.500. The molecule has 0 aromatic heterocycles. The van der Waals surface area contributed by atoms with E-state index < -0.39 is 0 Å². The van der Waals surface area contributed by atoms with Gasteiger partial charge in [0.25, 0.3) is 0 Å². The monoisotopic (exact) mass is 234 g/mol. The van der Waals surface area contributed by atoms with E-state index in [1.165, 1.54) is 5.56 Å². The van der Waals surface area contributed by atoms with Crippen molar-refractivity contribution in [2.24, 2.45) is 0 Å². The van der Waals surface area contributed by atoms with Crippen LogP contribution in [0, 0.1) is 0 Å². The van der Waals surface area contributed by atoms with E-state index in [1.54, 1.807) is 0 Å². The Hall–Kier alpha value is -1.35. The summed E-state index contributed by atoms with van der Waals surface area (Å²) in [7, 11) is 0. The standard InChI is InChI=1S/C14H22N2O/c1-2-16-14(17)12-15-11-7-6-10-13-8-4-3-5-9-13/h3-5,8-9,15H,2,6-7,10-12H2,1H3,(H,16,17). The normalized spacial score (nSPS) is 10.2. The van der Waals surface area contributed by atoms with Crippen molar-refractivity contribution in [1.29, 1.82) is 0 Å². The molecule has 0 saturated carbocycles. The number of hydrogen-bond acceptors (Lipinski definition) is 2. The highest BCUT2D eigenvalue weighted by Gasteiger charge is 1.97. The molecule has 0 radical (unpaired) electrons. The summed E-state index contributed by atoms with van der Waals surface area (Å²) in [5.41, 5.74) is 1.39. The molecule has 1 aromatic carbocycles. The lowest BCUT2D eigenvalue weighted by Crippen LogP contribution is -2.34. The van der Waals surface area contributed by atoms with Crippen LogP contribution in [-0.4, -0.2) is 25.5 Å². The summed E-state index contributed by atoms with van der Waals surface area (Å²) < 4.78 is 0. The van der Waals surface area contributed by atoms with E-state index in [4.69, 9.17) is 0 Å². The maximum absolute atomic E-state index is 11.1. The van der Waals surface area contributed by atoms with E-state index in [9.17, 15) is 4.79 Å². The quantitative estimate of drug-likeness (QED) is 0.673. The van der Waals surface area contributed by atoms with Gasteiger partial charge in [-0.25, -0.2) is 0 Å². The van der Waals surface area contributed by atoms with Gasteiger partial charge in [0.1, 0.15) is 0 Å². The van der Waals surface area contributed by atoms with Gasteiger partial charge in [0.2, 0.25) is 5.91 Å². The average molecular weight is 234 g/mol. The first-order chi connectivity index (χ1) is 8.33. The minimum atomic E-state index is 0.0792. The lowest BCUT2D eigenvalue weighted by atomic mass is 10.1. The lowest BCUT2D eigenvalue weighted by molar-refractivity contribution is -0.120. The van der Waals surface area contributed by atoms with Gasteiger partial charge >= 0.3 is 0 Å². The van der Waals surface area contributed by atoms with Crippen LogP contribution in [0.4, 0.5) is 0 Å². The van der Waals surface area contributed by atoms with Crippen LogP contribution in [0.25, 0.3) is 0 Å². The Morgan fingerprint density at radius 3 is 2.65 bits per heavy atom. The number of hydrogen-bond donors (Lipinski definition) is 2. The zero-order valence-electron chi connectivity index (χ0n) is 10.5. The molecule has 3 heteroatoms. The van der Waals surface area contributed by atoms with E-state index in [0.29, 0.717) is 13.1 Å². The van der Waals surface area contributed by atoms with Gasteiger partial charge < -0.3 is 10.6 Å². The third-order valence-corrected chi connectivity index (χ3v) is 2.57. The molecule has 94 valence electrons. The number of unbranched alkanes of at least 4 members (excludes halogenated alkanes) is 1. The van der Waals surface area contributed by atoms with Gasteiger partial charge in [-0.15, -0.1) is 0 Å².